The molecular formula is C19H14Cl2N4OS2. The van der Waals surface area contributed by atoms with Gasteiger partial charge in [-0.25, -0.2) is 0 Å². The Morgan fingerprint density at radius 1 is 1.18 bits per heavy atom. The number of halogens is 2. The van der Waals surface area contributed by atoms with E-state index in [0.29, 0.717) is 20.9 Å². The molecule has 0 atom stereocenters. The third-order valence-corrected chi connectivity index (χ3v) is 6.46. The van der Waals surface area contributed by atoms with E-state index in [1.807, 2.05) is 23.7 Å². The van der Waals surface area contributed by atoms with Gasteiger partial charge in [0.1, 0.15) is 0 Å². The van der Waals surface area contributed by atoms with Gasteiger partial charge in [-0.1, -0.05) is 53.2 Å². The maximum absolute atomic E-state index is 12.3. The second-order valence-electron chi connectivity index (χ2n) is 6.01. The van der Waals surface area contributed by atoms with E-state index in [9.17, 15) is 4.79 Å². The fourth-order valence-corrected chi connectivity index (χ4v) is 4.96. The molecule has 0 saturated carbocycles. The maximum Gasteiger partial charge on any atom is 0.234 e. The molecule has 0 saturated heterocycles. The number of benzene rings is 2. The minimum Gasteiger partial charge on any atom is -0.325 e. The van der Waals surface area contributed by atoms with Gasteiger partial charge in [-0.3, -0.25) is 4.79 Å². The van der Waals surface area contributed by atoms with Crippen LogP contribution >= 0.6 is 46.3 Å². The Balaban J connectivity index is 1.47. The van der Waals surface area contributed by atoms with Gasteiger partial charge in [0.2, 0.25) is 5.91 Å². The van der Waals surface area contributed by atoms with Crippen LogP contribution in [0.5, 0.6) is 0 Å². The summed E-state index contributed by atoms with van der Waals surface area (Å²) >= 11 is 14.9. The lowest BCUT2D eigenvalue weighted by Crippen LogP contribution is -2.14. The summed E-state index contributed by atoms with van der Waals surface area (Å²) in [5.74, 6) is 0.802. The molecule has 1 N–H and O–H groups in total. The predicted molar refractivity (Wildman–Crippen MR) is 118 cm³/mol. The Bertz CT molecular complexity index is 1150. The monoisotopic (exact) mass is 448 g/mol. The van der Waals surface area contributed by atoms with E-state index in [4.69, 9.17) is 23.2 Å². The molecule has 0 aliphatic heterocycles. The topological polar surface area (TPSA) is 59.8 Å². The highest BCUT2D eigenvalue weighted by Crippen LogP contribution is 2.33. The van der Waals surface area contributed by atoms with Crippen LogP contribution in [0.2, 0.25) is 10.0 Å². The molecule has 0 radical (unpaired) electrons. The molecule has 2 aromatic heterocycles. The summed E-state index contributed by atoms with van der Waals surface area (Å²) in [5, 5.41) is 16.2. The first-order valence-electron chi connectivity index (χ1n) is 8.26. The summed E-state index contributed by atoms with van der Waals surface area (Å²) in [5.41, 5.74) is 1.60. The number of amides is 1. The molecule has 9 heteroatoms. The third kappa shape index (κ3) is 4.03. The van der Waals surface area contributed by atoms with Crippen molar-refractivity contribution in [3.63, 3.8) is 0 Å². The van der Waals surface area contributed by atoms with Gasteiger partial charge in [0, 0.05) is 43.8 Å². The summed E-state index contributed by atoms with van der Waals surface area (Å²) in [4.78, 5) is 12.3. The Hall–Kier alpha value is -2.06. The van der Waals surface area contributed by atoms with Crippen molar-refractivity contribution in [2.75, 3.05) is 11.1 Å². The van der Waals surface area contributed by atoms with Crippen LogP contribution in [-0.2, 0) is 11.8 Å². The molecule has 5 nitrogen and oxygen atoms in total. The lowest BCUT2D eigenvalue weighted by molar-refractivity contribution is -0.113. The molecule has 1 amide bonds. The van der Waals surface area contributed by atoms with Gasteiger partial charge in [-0.05, 0) is 24.3 Å². The van der Waals surface area contributed by atoms with Crippen LogP contribution < -0.4 is 5.32 Å². The fourth-order valence-electron chi connectivity index (χ4n) is 2.78. The van der Waals surface area contributed by atoms with E-state index < -0.39 is 0 Å². The number of nitrogens with one attached hydrogen (secondary N) is 1. The molecule has 28 heavy (non-hydrogen) atoms. The normalized spacial score (nSPS) is 11.1. The Kier molecular flexibility index (Phi) is 5.59. The standard InChI is InChI=1S/C19H14Cl2N4OS2/c1-25-18(15-9-27-16-5-3-2-4-14(15)16)23-24-19(25)28-10-17(26)22-13-7-11(20)6-12(21)8-13/h2-9H,10H2,1H3,(H,22,26). The highest BCUT2D eigenvalue weighted by molar-refractivity contribution is 7.99. The van der Waals surface area contributed by atoms with E-state index in [0.717, 1.165) is 16.8 Å². The number of anilines is 1. The molecule has 142 valence electrons. The Morgan fingerprint density at radius 3 is 2.71 bits per heavy atom. The molecule has 0 bridgehead atoms. The van der Waals surface area contributed by atoms with Gasteiger partial charge in [0.15, 0.2) is 11.0 Å². The number of rotatable bonds is 5. The van der Waals surface area contributed by atoms with Crippen molar-refractivity contribution >= 4 is 68.0 Å². The van der Waals surface area contributed by atoms with Crippen LogP contribution in [0.25, 0.3) is 21.5 Å². The maximum atomic E-state index is 12.3. The molecule has 2 heterocycles. The zero-order valence-electron chi connectivity index (χ0n) is 14.6. The van der Waals surface area contributed by atoms with Crippen molar-refractivity contribution in [2.24, 2.45) is 7.05 Å². The summed E-state index contributed by atoms with van der Waals surface area (Å²) in [6.45, 7) is 0. The third-order valence-electron chi connectivity index (χ3n) is 4.04. The number of hydrogen-bond acceptors (Lipinski definition) is 5. The second-order valence-corrected chi connectivity index (χ2v) is 8.73. The molecule has 0 fully saturated rings. The summed E-state index contributed by atoms with van der Waals surface area (Å²) < 4.78 is 3.11. The largest absolute Gasteiger partial charge is 0.325 e. The van der Waals surface area contributed by atoms with Gasteiger partial charge in [-0.15, -0.1) is 21.5 Å². The van der Waals surface area contributed by atoms with Crippen LogP contribution in [0, 0.1) is 0 Å². The summed E-state index contributed by atoms with van der Waals surface area (Å²) in [6, 6.07) is 13.1. The van der Waals surface area contributed by atoms with Crippen LogP contribution in [0.1, 0.15) is 0 Å². The molecule has 4 aromatic rings. The Labute approximate surface area is 179 Å². The van der Waals surface area contributed by atoms with E-state index in [1.165, 1.54) is 16.5 Å². The van der Waals surface area contributed by atoms with Crippen molar-refractivity contribution in [3.8, 4) is 11.4 Å². The lowest BCUT2D eigenvalue weighted by atomic mass is 10.2. The first kappa shape index (κ1) is 19.3. The highest BCUT2D eigenvalue weighted by Gasteiger charge is 2.16. The number of fused-ring (bicyclic) bond motifs is 1. The van der Waals surface area contributed by atoms with E-state index >= 15 is 0 Å². The van der Waals surface area contributed by atoms with Crippen molar-refractivity contribution in [2.45, 2.75) is 5.16 Å². The number of thiophene rings is 1. The van der Waals surface area contributed by atoms with Crippen molar-refractivity contribution in [1.82, 2.24) is 14.8 Å². The minimum atomic E-state index is -0.172. The lowest BCUT2D eigenvalue weighted by Gasteiger charge is -2.06. The van der Waals surface area contributed by atoms with Crippen molar-refractivity contribution in [3.05, 3.63) is 57.9 Å². The molecule has 0 spiro atoms. The smallest absolute Gasteiger partial charge is 0.234 e. The van der Waals surface area contributed by atoms with E-state index in [-0.39, 0.29) is 11.7 Å². The average molecular weight is 449 g/mol. The predicted octanol–water partition coefficient (Wildman–Crippen LogP) is 5.73. The number of nitrogens with zero attached hydrogens (tertiary/aromatic N) is 3. The number of hydrogen-bond donors (Lipinski definition) is 1. The van der Waals surface area contributed by atoms with Gasteiger partial charge >= 0.3 is 0 Å². The average Bonchev–Trinajstić information content (AvgIpc) is 3.22. The van der Waals surface area contributed by atoms with Crippen LogP contribution in [0.3, 0.4) is 0 Å². The highest BCUT2D eigenvalue weighted by atomic mass is 35.5. The van der Waals surface area contributed by atoms with Gasteiger partial charge in [0.05, 0.1) is 5.75 Å². The SMILES string of the molecule is Cn1c(SCC(=O)Nc2cc(Cl)cc(Cl)c2)nnc1-c1csc2ccccc12. The Morgan fingerprint density at radius 2 is 1.93 bits per heavy atom. The molecule has 0 unspecified atom stereocenters. The minimum absolute atomic E-state index is 0.172. The number of carbonyl (C=O) groups excluding carboxylic acids is 1. The number of aromatic nitrogens is 3. The summed E-state index contributed by atoms with van der Waals surface area (Å²) in [6.07, 6.45) is 0. The van der Waals surface area contributed by atoms with Crippen molar-refractivity contribution < 1.29 is 4.79 Å². The first-order valence-corrected chi connectivity index (χ1v) is 10.9. The zero-order chi connectivity index (χ0) is 19.7. The quantitative estimate of drug-likeness (QED) is 0.395. The van der Waals surface area contributed by atoms with E-state index in [1.54, 1.807) is 29.5 Å². The molecular weight excluding hydrogens is 435 g/mol. The number of thioether (sulfide) groups is 1. The van der Waals surface area contributed by atoms with Gasteiger partial charge in [-0.2, -0.15) is 0 Å². The molecule has 0 aliphatic carbocycles. The first-order chi connectivity index (χ1) is 13.5. The zero-order valence-corrected chi connectivity index (χ0v) is 17.8. The van der Waals surface area contributed by atoms with Crippen molar-refractivity contribution in [1.29, 1.82) is 0 Å². The van der Waals surface area contributed by atoms with Crippen LogP contribution in [0.4, 0.5) is 5.69 Å². The van der Waals surface area contributed by atoms with Gasteiger partial charge < -0.3 is 9.88 Å². The fraction of sp³-hybridized carbons (Fsp3) is 0.105. The van der Waals surface area contributed by atoms with Gasteiger partial charge in [0.25, 0.3) is 0 Å². The molecule has 4 rings (SSSR count). The van der Waals surface area contributed by atoms with E-state index in [2.05, 4.69) is 33.0 Å². The number of carbonyl (C=O) groups is 1. The van der Waals surface area contributed by atoms with Crippen LogP contribution in [-0.4, -0.2) is 26.4 Å². The second kappa shape index (κ2) is 8.13. The molecule has 2 aromatic carbocycles. The summed E-state index contributed by atoms with van der Waals surface area (Å²) in [7, 11) is 1.90. The molecule has 0 aliphatic rings. The van der Waals surface area contributed by atoms with Crippen LogP contribution in [0.15, 0.2) is 53.0 Å².